The molecular formula is C66H62BN3O. The molecule has 8 aromatic carbocycles. The smallest absolute Gasteiger partial charge is 0.252 e. The van der Waals surface area contributed by atoms with Crippen molar-refractivity contribution in [2.45, 2.75) is 105 Å². The number of para-hydroxylation sites is 2. The lowest BCUT2D eigenvalue weighted by molar-refractivity contribution is 0.590. The van der Waals surface area contributed by atoms with Crippen LogP contribution >= 0.6 is 0 Å². The molecule has 13 rings (SSSR count). The summed E-state index contributed by atoms with van der Waals surface area (Å²) in [5, 5.41) is 3.59. The van der Waals surface area contributed by atoms with Gasteiger partial charge in [0.25, 0.3) is 6.71 Å². The van der Waals surface area contributed by atoms with E-state index >= 15 is 0 Å². The number of rotatable bonds is 4. The fourth-order valence-electron chi connectivity index (χ4n) is 12.6. The third kappa shape index (κ3) is 6.30. The number of aromatic nitrogens is 1. The summed E-state index contributed by atoms with van der Waals surface area (Å²) in [6.45, 7) is 28.0. The highest BCUT2D eigenvalue weighted by Gasteiger charge is 2.48. The molecule has 0 spiro atoms. The molecule has 5 heteroatoms. The molecular weight excluding hydrogens is 862 g/mol. The van der Waals surface area contributed by atoms with E-state index in [0.717, 1.165) is 50.4 Å². The van der Waals surface area contributed by atoms with Gasteiger partial charge in [-0.15, -0.1) is 0 Å². The maximum atomic E-state index is 7.00. The number of aryl methyl sites for hydroxylation is 1. The lowest BCUT2D eigenvalue weighted by Gasteiger charge is -2.42. The summed E-state index contributed by atoms with van der Waals surface area (Å²) >= 11 is 0. The number of benzene rings is 8. The van der Waals surface area contributed by atoms with E-state index in [1.165, 1.54) is 83.3 Å². The predicted molar refractivity (Wildman–Crippen MR) is 303 cm³/mol. The van der Waals surface area contributed by atoms with Crippen molar-refractivity contribution in [2.24, 2.45) is 0 Å². The molecule has 2 aromatic heterocycles. The van der Waals surface area contributed by atoms with E-state index < -0.39 is 0 Å². The first-order valence-corrected chi connectivity index (χ1v) is 25.6. The lowest BCUT2D eigenvalue weighted by Crippen LogP contribution is -2.61. The van der Waals surface area contributed by atoms with E-state index in [4.69, 9.17) is 4.42 Å². The van der Waals surface area contributed by atoms with Crippen LogP contribution in [0, 0.1) is 6.92 Å². The van der Waals surface area contributed by atoms with Crippen molar-refractivity contribution in [3.8, 4) is 16.8 Å². The summed E-state index contributed by atoms with van der Waals surface area (Å²) in [6, 6.07) is 60.1. The van der Waals surface area contributed by atoms with Crippen molar-refractivity contribution in [1.29, 1.82) is 0 Å². The molecule has 3 aliphatic rings. The molecule has 0 fully saturated rings. The van der Waals surface area contributed by atoms with E-state index in [9.17, 15) is 0 Å². The van der Waals surface area contributed by atoms with Gasteiger partial charge in [0.2, 0.25) is 0 Å². The van der Waals surface area contributed by atoms with Crippen LogP contribution in [0.15, 0.2) is 162 Å². The fraction of sp³-hybridized carbons (Fsp3) is 0.242. The first kappa shape index (κ1) is 43.8. The van der Waals surface area contributed by atoms with Gasteiger partial charge in [0, 0.05) is 72.5 Å². The molecule has 350 valence electrons. The maximum Gasteiger partial charge on any atom is 0.252 e. The summed E-state index contributed by atoms with van der Waals surface area (Å²) < 4.78 is 9.69. The number of fused-ring (bicyclic) bond motifs is 12. The van der Waals surface area contributed by atoms with Crippen LogP contribution in [0.3, 0.4) is 0 Å². The van der Waals surface area contributed by atoms with E-state index in [2.05, 4.69) is 255 Å². The molecule has 0 radical (unpaired) electrons. The van der Waals surface area contributed by atoms with Crippen molar-refractivity contribution in [3.63, 3.8) is 0 Å². The Bertz CT molecular complexity index is 3810. The van der Waals surface area contributed by atoms with Crippen LogP contribution in [0.4, 0.5) is 34.1 Å². The Morgan fingerprint density at radius 1 is 0.507 bits per heavy atom. The Morgan fingerprint density at radius 2 is 1.11 bits per heavy atom. The Labute approximate surface area is 419 Å². The Hall–Kier alpha value is -7.24. The summed E-state index contributed by atoms with van der Waals surface area (Å²) in [4.78, 5) is 5.00. The Morgan fingerprint density at radius 3 is 1.79 bits per heavy atom. The Balaban J connectivity index is 1.14. The van der Waals surface area contributed by atoms with Crippen LogP contribution in [0.5, 0.6) is 0 Å². The molecule has 0 saturated heterocycles. The van der Waals surface area contributed by atoms with E-state index in [1.807, 2.05) is 0 Å². The van der Waals surface area contributed by atoms with Gasteiger partial charge in [0.1, 0.15) is 5.58 Å². The molecule has 4 nitrogen and oxygen atoms in total. The second-order valence-electron chi connectivity index (χ2n) is 24.4. The van der Waals surface area contributed by atoms with Gasteiger partial charge in [-0.25, -0.2) is 0 Å². The van der Waals surface area contributed by atoms with Gasteiger partial charge in [-0.3, -0.25) is 0 Å². The third-order valence-electron chi connectivity index (χ3n) is 16.2. The van der Waals surface area contributed by atoms with Crippen LogP contribution in [0.2, 0.25) is 0 Å². The largest absolute Gasteiger partial charge is 0.454 e. The van der Waals surface area contributed by atoms with Crippen LogP contribution in [0.25, 0.3) is 49.7 Å². The zero-order valence-corrected chi connectivity index (χ0v) is 43.3. The van der Waals surface area contributed by atoms with Crippen LogP contribution < -0.4 is 26.2 Å². The van der Waals surface area contributed by atoms with Gasteiger partial charge in [-0.2, -0.15) is 0 Å². The minimum atomic E-state index is -0.228. The highest BCUT2D eigenvalue weighted by atomic mass is 16.3. The number of nitrogens with zero attached hydrogens (tertiary/aromatic N) is 3. The molecule has 71 heavy (non-hydrogen) atoms. The minimum Gasteiger partial charge on any atom is -0.454 e. The summed E-state index contributed by atoms with van der Waals surface area (Å²) in [6.07, 6.45) is 0. The average molecular weight is 924 g/mol. The highest BCUT2D eigenvalue weighted by molar-refractivity contribution is 7.00. The van der Waals surface area contributed by atoms with Crippen LogP contribution in [-0.4, -0.2) is 11.3 Å². The van der Waals surface area contributed by atoms with Gasteiger partial charge in [-0.1, -0.05) is 167 Å². The summed E-state index contributed by atoms with van der Waals surface area (Å²) in [5.41, 5.74) is 25.5. The topological polar surface area (TPSA) is 24.6 Å². The van der Waals surface area contributed by atoms with Crippen LogP contribution in [-0.2, 0) is 21.7 Å². The average Bonchev–Trinajstić information content (AvgIpc) is 3.97. The predicted octanol–water partition coefficient (Wildman–Crippen LogP) is 16.1. The van der Waals surface area contributed by atoms with E-state index in [-0.39, 0.29) is 28.4 Å². The van der Waals surface area contributed by atoms with Crippen molar-refractivity contribution in [2.75, 3.05) is 9.80 Å². The standard InChI is InChI=1S/C66H62BN3O/c1-39-34-55-59-56(35-39)70-60-49(58-48-19-13-15-21-50(48)66(11,12)62(58)70)36-42(65(8,9)10)37-52(60)67(59)51-33-32-45(38-54(51)69(55)53-22-17-20-47-46-18-14-16-23-57(46)71-61(47)53)68(43-28-24-40(25-29-43)63(2,3)4)44-30-26-41(27-31-44)64(5,6)7/h13-38H,1-12H3. The van der Waals surface area contributed by atoms with Gasteiger partial charge in [-0.05, 0) is 140 Å². The number of hydrogen-bond donors (Lipinski definition) is 0. The maximum absolute atomic E-state index is 7.00. The first-order chi connectivity index (χ1) is 33.8. The second kappa shape index (κ2) is 14.7. The summed E-state index contributed by atoms with van der Waals surface area (Å²) in [7, 11) is 0. The molecule has 0 saturated carbocycles. The molecule has 0 atom stereocenters. The zero-order chi connectivity index (χ0) is 49.3. The quantitative estimate of drug-likeness (QED) is 0.164. The third-order valence-corrected chi connectivity index (χ3v) is 16.2. The van der Waals surface area contributed by atoms with Crippen molar-refractivity contribution in [3.05, 3.63) is 191 Å². The van der Waals surface area contributed by atoms with Gasteiger partial charge >= 0.3 is 0 Å². The molecule has 0 N–H and O–H groups in total. The summed E-state index contributed by atoms with van der Waals surface area (Å²) in [5.74, 6) is 0. The number of furan rings is 1. The molecule has 2 aliphatic heterocycles. The number of hydrogen-bond acceptors (Lipinski definition) is 3. The fourth-order valence-corrected chi connectivity index (χ4v) is 12.6. The van der Waals surface area contributed by atoms with Gasteiger partial charge in [0.15, 0.2) is 5.58 Å². The monoisotopic (exact) mass is 923 g/mol. The lowest BCUT2D eigenvalue weighted by atomic mass is 9.33. The first-order valence-electron chi connectivity index (χ1n) is 25.6. The van der Waals surface area contributed by atoms with Crippen molar-refractivity contribution in [1.82, 2.24) is 4.57 Å². The normalized spacial score (nSPS) is 14.5. The second-order valence-corrected chi connectivity index (χ2v) is 24.4. The van der Waals surface area contributed by atoms with E-state index in [0.29, 0.717) is 0 Å². The van der Waals surface area contributed by atoms with Gasteiger partial charge < -0.3 is 18.8 Å². The minimum absolute atomic E-state index is 0.0287. The SMILES string of the molecule is Cc1cc2c3c(c1)-n1c4c(c5cc(C(C)(C)C)cc(c51)B3c1ccc(N(c3ccc(C(C)(C)C)cc3)c3ccc(C(C)(C)C)cc3)cc1N2c1cccc2c1oc1ccccc12)-c1ccccc1C4(C)C. The van der Waals surface area contributed by atoms with Gasteiger partial charge in [0.05, 0.1) is 5.69 Å². The van der Waals surface area contributed by atoms with Crippen molar-refractivity contribution >= 4 is 90.1 Å². The molecule has 0 bridgehead atoms. The zero-order valence-electron chi connectivity index (χ0n) is 43.3. The molecule has 4 heterocycles. The van der Waals surface area contributed by atoms with Crippen molar-refractivity contribution < 1.29 is 4.42 Å². The van der Waals surface area contributed by atoms with E-state index in [1.54, 1.807) is 0 Å². The Kier molecular flexibility index (Phi) is 9.04. The molecule has 1 aliphatic carbocycles. The molecule has 10 aromatic rings. The highest BCUT2D eigenvalue weighted by Crippen LogP contribution is 2.55. The molecule has 0 unspecified atom stereocenters. The number of anilines is 6. The molecule has 0 amide bonds. The van der Waals surface area contributed by atoms with Crippen LogP contribution in [0.1, 0.15) is 110 Å².